The van der Waals surface area contributed by atoms with Crippen molar-refractivity contribution >= 4 is 17.5 Å². The van der Waals surface area contributed by atoms with Gasteiger partial charge in [0.15, 0.2) is 0 Å². The summed E-state index contributed by atoms with van der Waals surface area (Å²) in [6.07, 6.45) is 2.98. The monoisotopic (exact) mass is 438 g/mol. The van der Waals surface area contributed by atoms with Crippen molar-refractivity contribution in [3.63, 3.8) is 0 Å². The first-order valence-electron chi connectivity index (χ1n) is 10.3. The Labute approximate surface area is 184 Å². The molecule has 2 heterocycles. The maximum Gasteiger partial charge on any atom is 0.252 e. The van der Waals surface area contributed by atoms with Crippen molar-refractivity contribution in [3.8, 4) is 11.1 Å². The fourth-order valence-electron chi connectivity index (χ4n) is 3.62. The van der Waals surface area contributed by atoms with Crippen LogP contribution in [0.25, 0.3) is 16.9 Å². The highest BCUT2D eigenvalue weighted by atomic mass is 32.2. The fourth-order valence-corrected chi connectivity index (χ4v) is 4.52. The summed E-state index contributed by atoms with van der Waals surface area (Å²) in [6, 6.07) is 12.7. The quantitative estimate of drug-likeness (QED) is 0.320. The minimum absolute atomic E-state index is 0.0511. The van der Waals surface area contributed by atoms with E-state index in [9.17, 15) is 0 Å². The van der Waals surface area contributed by atoms with Crippen molar-refractivity contribution in [1.82, 2.24) is 19.6 Å². The van der Waals surface area contributed by atoms with E-state index in [1.54, 1.807) is 11.4 Å². The molecule has 0 aliphatic heterocycles. The number of benzene rings is 2. The number of rotatable bonds is 7. The Kier molecular flexibility index (Phi) is 6.32. The lowest BCUT2D eigenvalue weighted by atomic mass is 9.94. The van der Waals surface area contributed by atoms with Crippen molar-refractivity contribution < 1.29 is 8.78 Å². The van der Waals surface area contributed by atoms with Crippen molar-refractivity contribution in [2.75, 3.05) is 0 Å². The number of thioether (sulfide) groups is 1. The van der Waals surface area contributed by atoms with Gasteiger partial charge in [0.05, 0.1) is 17.0 Å². The summed E-state index contributed by atoms with van der Waals surface area (Å²) in [6.45, 7) is 5.97. The van der Waals surface area contributed by atoms with Gasteiger partial charge in [0.1, 0.15) is 18.0 Å². The van der Waals surface area contributed by atoms with Crippen LogP contribution < -0.4 is 0 Å². The summed E-state index contributed by atoms with van der Waals surface area (Å²) in [5.41, 5.74) is 2.79. The van der Waals surface area contributed by atoms with Crippen LogP contribution in [-0.2, 0) is 12.2 Å². The first-order chi connectivity index (χ1) is 15.0. The molecule has 0 amide bonds. The van der Waals surface area contributed by atoms with E-state index in [-0.39, 0.29) is 5.56 Å². The summed E-state index contributed by atoms with van der Waals surface area (Å²) >= 11 is 1.41. The first kappa shape index (κ1) is 21.4. The summed E-state index contributed by atoms with van der Waals surface area (Å²) in [7, 11) is 0. The maximum atomic E-state index is 15.3. The highest BCUT2D eigenvalue weighted by molar-refractivity contribution is 7.98. The normalized spacial score (nSPS) is 12.4. The maximum absolute atomic E-state index is 15.3. The van der Waals surface area contributed by atoms with Crippen LogP contribution in [0, 0.1) is 24.5 Å². The Morgan fingerprint density at radius 1 is 1.06 bits per heavy atom. The fraction of sp³-hybridized carbons (Fsp3) is 0.292. The van der Waals surface area contributed by atoms with Gasteiger partial charge in [0, 0.05) is 16.2 Å². The minimum atomic E-state index is -0.592. The van der Waals surface area contributed by atoms with Crippen molar-refractivity contribution in [1.29, 1.82) is 0 Å². The number of aryl methyl sites for hydroxylation is 1. The SMILES string of the molecule is CCC(C)Cc1c(-c2c(F)cc(SCc3ccccc3)cc2F)c(C)nc2ncnn12. The Bertz CT molecular complexity index is 1180. The second-order valence-electron chi connectivity index (χ2n) is 7.74. The van der Waals surface area contributed by atoms with Gasteiger partial charge in [-0.15, -0.1) is 11.8 Å². The van der Waals surface area contributed by atoms with E-state index >= 15 is 8.78 Å². The summed E-state index contributed by atoms with van der Waals surface area (Å²) in [4.78, 5) is 9.16. The van der Waals surface area contributed by atoms with Gasteiger partial charge in [-0.3, -0.25) is 0 Å². The highest BCUT2D eigenvalue weighted by Gasteiger charge is 2.23. The molecule has 0 radical (unpaired) electrons. The third-order valence-electron chi connectivity index (χ3n) is 5.46. The van der Waals surface area contributed by atoms with Gasteiger partial charge in [-0.05, 0) is 37.0 Å². The van der Waals surface area contributed by atoms with Crippen LogP contribution in [0.2, 0.25) is 0 Å². The van der Waals surface area contributed by atoms with Crippen molar-refractivity contribution in [2.24, 2.45) is 5.92 Å². The smallest absolute Gasteiger partial charge is 0.216 e. The number of fused-ring (bicyclic) bond motifs is 1. The van der Waals surface area contributed by atoms with Gasteiger partial charge < -0.3 is 0 Å². The summed E-state index contributed by atoms with van der Waals surface area (Å²) in [5, 5.41) is 4.27. The van der Waals surface area contributed by atoms with Crippen molar-refractivity contribution in [3.05, 3.63) is 77.4 Å². The second kappa shape index (κ2) is 9.14. The van der Waals surface area contributed by atoms with Crippen LogP contribution in [0.5, 0.6) is 0 Å². The summed E-state index contributed by atoms with van der Waals surface area (Å²) < 4.78 is 32.2. The third-order valence-corrected chi connectivity index (χ3v) is 6.50. The van der Waals surface area contributed by atoms with E-state index in [4.69, 9.17) is 0 Å². The average molecular weight is 439 g/mol. The largest absolute Gasteiger partial charge is 0.252 e. The zero-order valence-electron chi connectivity index (χ0n) is 17.8. The lowest BCUT2D eigenvalue weighted by Gasteiger charge is -2.18. The molecule has 0 saturated heterocycles. The molecule has 4 nitrogen and oxygen atoms in total. The molecule has 0 saturated carbocycles. The van der Waals surface area contributed by atoms with Crippen LogP contribution in [0.1, 0.15) is 37.2 Å². The molecular weight excluding hydrogens is 414 g/mol. The molecule has 0 spiro atoms. The number of hydrogen-bond acceptors (Lipinski definition) is 4. The highest BCUT2D eigenvalue weighted by Crippen LogP contribution is 2.36. The Balaban J connectivity index is 1.77. The molecule has 0 fully saturated rings. The molecule has 4 aromatic rings. The van der Waals surface area contributed by atoms with E-state index < -0.39 is 11.6 Å². The minimum Gasteiger partial charge on any atom is -0.216 e. The Morgan fingerprint density at radius 2 is 1.77 bits per heavy atom. The zero-order valence-corrected chi connectivity index (χ0v) is 18.6. The predicted molar refractivity (Wildman–Crippen MR) is 120 cm³/mol. The lowest BCUT2D eigenvalue weighted by molar-refractivity contribution is 0.542. The number of nitrogens with zero attached hydrogens (tertiary/aromatic N) is 4. The molecule has 0 aliphatic carbocycles. The molecule has 0 aliphatic rings. The topological polar surface area (TPSA) is 43.1 Å². The number of aromatic nitrogens is 4. The van der Waals surface area contributed by atoms with Gasteiger partial charge in [-0.1, -0.05) is 50.6 Å². The molecule has 4 rings (SSSR count). The molecule has 0 bridgehead atoms. The summed E-state index contributed by atoms with van der Waals surface area (Å²) in [5.74, 6) is 0.218. The molecule has 0 N–H and O–H groups in total. The van der Waals surface area contributed by atoms with Crippen LogP contribution in [0.15, 0.2) is 53.7 Å². The zero-order chi connectivity index (χ0) is 22.0. The van der Waals surface area contributed by atoms with Gasteiger partial charge in [-0.2, -0.15) is 10.1 Å². The first-order valence-corrected chi connectivity index (χ1v) is 11.3. The van der Waals surface area contributed by atoms with Gasteiger partial charge in [0.2, 0.25) is 0 Å². The van der Waals surface area contributed by atoms with E-state index in [1.807, 2.05) is 30.3 Å². The van der Waals surface area contributed by atoms with E-state index in [1.165, 1.54) is 30.2 Å². The Morgan fingerprint density at radius 3 is 2.45 bits per heavy atom. The molecule has 1 atom stereocenters. The van der Waals surface area contributed by atoms with Gasteiger partial charge >= 0.3 is 0 Å². The van der Waals surface area contributed by atoms with Crippen LogP contribution >= 0.6 is 11.8 Å². The van der Waals surface area contributed by atoms with E-state index in [0.29, 0.717) is 40.0 Å². The standard InChI is InChI=1S/C24H24F2N4S/c1-4-15(2)10-21-22(16(3)29-24-27-14-28-30(21)24)23-19(25)11-18(12-20(23)26)31-13-17-8-6-5-7-9-17/h5-9,11-12,14-15H,4,10,13H2,1-3H3. The van der Waals surface area contributed by atoms with Crippen LogP contribution in [-0.4, -0.2) is 19.6 Å². The van der Waals surface area contributed by atoms with Crippen LogP contribution in [0.4, 0.5) is 8.78 Å². The van der Waals surface area contributed by atoms with Crippen molar-refractivity contribution in [2.45, 2.75) is 44.3 Å². The number of hydrogen-bond donors (Lipinski definition) is 0. The molecule has 2 aromatic carbocycles. The molecule has 160 valence electrons. The lowest BCUT2D eigenvalue weighted by Crippen LogP contribution is -2.11. The second-order valence-corrected chi connectivity index (χ2v) is 8.79. The third kappa shape index (κ3) is 4.46. The van der Waals surface area contributed by atoms with Crippen LogP contribution in [0.3, 0.4) is 0 Å². The average Bonchev–Trinajstić information content (AvgIpc) is 3.22. The molecular formula is C24H24F2N4S. The van der Waals surface area contributed by atoms with Gasteiger partial charge in [-0.25, -0.2) is 18.3 Å². The Hall–Kier alpha value is -2.80. The predicted octanol–water partition coefficient (Wildman–Crippen LogP) is 6.26. The molecule has 7 heteroatoms. The van der Waals surface area contributed by atoms with E-state index in [0.717, 1.165) is 17.7 Å². The van der Waals surface area contributed by atoms with Gasteiger partial charge in [0.25, 0.3) is 5.78 Å². The molecule has 31 heavy (non-hydrogen) atoms. The molecule has 2 aromatic heterocycles. The number of halogens is 2. The molecule has 1 unspecified atom stereocenters. The van der Waals surface area contributed by atoms with E-state index in [2.05, 4.69) is 28.9 Å².